The van der Waals surface area contributed by atoms with Gasteiger partial charge in [0.1, 0.15) is 5.82 Å². The quantitative estimate of drug-likeness (QED) is 0.819. The zero-order chi connectivity index (χ0) is 18.6. The van der Waals surface area contributed by atoms with Crippen molar-refractivity contribution in [3.05, 3.63) is 12.1 Å². The molecule has 146 valence electrons. The lowest BCUT2D eigenvalue weighted by Gasteiger charge is -2.30. The van der Waals surface area contributed by atoms with Crippen molar-refractivity contribution in [1.82, 2.24) is 15.3 Å². The molecule has 1 aromatic heterocycles. The number of nitrogens with one attached hydrogen (secondary N) is 2. The molecule has 2 fully saturated rings. The van der Waals surface area contributed by atoms with Crippen molar-refractivity contribution in [2.75, 3.05) is 63.8 Å². The first-order valence-electron chi connectivity index (χ1n) is 9.52. The third kappa shape index (κ3) is 3.86. The second kappa shape index (κ2) is 8.14. The molecule has 8 heteroatoms. The van der Waals surface area contributed by atoms with E-state index in [1.54, 1.807) is 14.2 Å². The lowest BCUT2D eigenvalue weighted by atomic mass is 10.1. The first-order valence-corrected chi connectivity index (χ1v) is 9.52. The summed E-state index contributed by atoms with van der Waals surface area (Å²) in [6, 6.07) is 4.28. The minimum atomic E-state index is 0.390. The molecule has 0 radical (unpaired) electrons. The monoisotopic (exact) mass is 373 g/mol. The Bertz CT molecular complexity index is 788. The zero-order valence-electron chi connectivity index (χ0n) is 16.0. The first-order chi connectivity index (χ1) is 13.3. The molecule has 2 aliphatic heterocycles. The Morgan fingerprint density at radius 3 is 2.48 bits per heavy atom. The molecule has 1 aromatic carbocycles. The predicted octanol–water partition coefficient (Wildman–Crippen LogP) is 1.65. The van der Waals surface area contributed by atoms with Crippen molar-refractivity contribution in [2.24, 2.45) is 0 Å². The van der Waals surface area contributed by atoms with Crippen LogP contribution in [0.3, 0.4) is 0 Å². The molecule has 0 spiro atoms. The number of hydrogen-bond acceptors (Lipinski definition) is 8. The SMILES string of the molecule is COc1cc2nc(NC3CCNCC3)nc(N3CCOCC3)c2cc1OC. The topological polar surface area (TPSA) is 80.8 Å². The van der Waals surface area contributed by atoms with E-state index in [9.17, 15) is 0 Å². The van der Waals surface area contributed by atoms with Gasteiger partial charge >= 0.3 is 0 Å². The largest absolute Gasteiger partial charge is 0.493 e. The van der Waals surface area contributed by atoms with E-state index in [2.05, 4.69) is 15.5 Å². The molecule has 0 saturated carbocycles. The van der Waals surface area contributed by atoms with Gasteiger partial charge in [-0.05, 0) is 32.0 Å². The average molecular weight is 373 g/mol. The molecule has 27 heavy (non-hydrogen) atoms. The number of rotatable bonds is 5. The molecule has 0 amide bonds. The standard InChI is InChI=1S/C19H27N5O3/c1-25-16-11-14-15(12-17(16)26-2)22-19(21-13-3-5-20-6-4-13)23-18(14)24-7-9-27-10-8-24/h11-13,20H,3-10H2,1-2H3,(H,21,22,23). The Kier molecular flexibility index (Phi) is 5.45. The fourth-order valence-corrected chi connectivity index (χ4v) is 3.67. The van der Waals surface area contributed by atoms with E-state index in [4.69, 9.17) is 24.2 Å². The summed E-state index contributed by atoms with van der Waals surface area (Å²) < 4.78 is 16.5. The lowest BCUT2D eigenvalue weighted by Crippen LogP contribution is -2.38. The Morgan fingerprint density at radius 2 is 1.78 bits per heavy atom. The number of morpholine rings is 1. The van der Waals surface area contributed by atoms with E-state index >= 15 is 0 Å². The van der Waals surface area contributed by atoms with Crippen LogP contribution in [0.25, 0.3) is 10.9 Å². The fourth-order valence-electron chi connectivity index (χ4n) is 3.67. The summed E-state index contributed by atoms with van der Waals surface area (Å²) in [5, 5.41) is 7.88. The number of fused-ring (bicyclic) bond motifs is 1. The smallest absolute Gasteiger partial charge is 0.225 e. The van der Waals surface area contributed by atoms with Crippen molar-refractivity contribution < 1.29 is 14.2 Å². The van der Waals surface area contributed by atoms with E-state index < -0.39 is 0 Å². The number of ether oxygens (including phenoxy) is 3. The summed E-state index contributed by atoms with van der Waals surface area (Å²) >= 11 is 0. The number of hydrogen-bond donors (Lipinski definition) is 2. The van der Waals surface area contributed by atoms with E-state index in [-0.39, 0.29) is 0 Å². The molecule has 0 bridgehead atoms. The number of aromatic nitrogens is 2. The van der Waals surface area contributed by atoms with Crippen LogP contribution in [0.1, 0.15) is 12.8 Å². The van der Waals surface area contributed by atoms with Gasteiger partial charge in [-0.3, -0.25) is 0 Å². The van der Waals surface area contributed by atoms with E-state index in [0.717, 1.165) is 55.7 Å². The molecule has 3 heterocycles. The van der Waals surface area contributed by atoms with Crippen LogP contribution in [-0.4, -0.2) is 69.6 Å². The number of nitrogens with zero attached hydrogens (tertiary/aromatic N) is 3. The summed E-state index contributed by atoms with van der Waals surface area (Å²) in [4.78, 5) is 11.9. The Hall–Kier alpha value is -2.32. The van der Waals surface area contributed by atoms with Gasteiger partial charge in [-0.2, -0.15) is 4.98 Å². The van der Waals surface area contributed by atoms with Crippen molar-refractivity contribution >= 4 is 22.7 Å². The van der Waals surface area contributed by atoms with E-state index in [1.165, 1.54) is 0 Å². The molecule has 0 atom stereocenters. The molecule has 2 aliphatic rings. The van der Waals surface area contributed by atoms with E-state index in [0.29, 0.717) is 36.7 Å². The van der Waals surface area contributed by atoms with Gasteiger partial charge in [0.15, 0.2) is 11.5 Å². The maximum Gasteiger partial charge on any atom is 0.225 e. The third-order valence-electron chi connectivity index (χ3n) is 5.16. The summed E-state index contributed by atoms with van der Waals surface area (Å²) in [6.07, 6.45) is 2.14. The van der Waals surface area contributed by atoms with Crippen LogP contribution in [0.4, 0.5) is 11.8 Å². The van der Waals surface area contributed by atoms with Crippen molar-refractivity contribution in [2.45, 2.75) is 18.9 Å². The number of benzene rings is 1. The molecule has 4 rings (SSSR count). The second-order valence-corrected chi connectivity index (χ2v) is 6.86. The summed E-state index contributed by atoms with van der Waals surface area (Å²) in [7, 11) is 3.29. The maximum atomic E-state index is 5.51. The molecule has 0 unspecified atom stereocenters. The van der Waals surface area contributed by atoms with Gasteiger partial charge in [0.2, 0.25) is 5.95 Å². The van der Waals surface area contributed by atoms with Crippen molar-refractivity contribution in [1.29, 1.82) is 0 Å². The van der Waals surface area contributed by atoms with Crippen LogP contribution in [0.5, 0.6) is 11.5 Å². The number of piperidine rings is 1. The molecule has 0 aliphatic carbocycles. The second-order valence-electron chi connectivity index (χ2n) is 6.86. The summed E-state index contributed by atoms with van der Waals surface area (Å²) in [5.41, 5.74) is 0.848. The molecule has 2 N–H and O–H groups in total. The predicted molar refractivity (Wildman–Crippen MR) is 105 cm³/mol. The van der Waals surface area contributed by atoms with Gasteiger partial charge in [0.25, 0.3) is 0 Å². The van der Waals surface area contributed by atoms with Crippen molar-refractivity contribution in [3.63, 3.8) is 0 Å². The van der Waals surface area contributed by atoms with Gasteiger partial charge in [-0.15, -0.1) is 0 Å². The normalized spacial score (nSPS) is 18.5. The van der Waals surface area contributed by atoms with Crippen LogP contribution in [0.2, 0.25) is 0 Å². The average Bonchev–Trinajstić information content (AvgIpc) is 2.73. The minimum absolute atomic E-state index is 0.390. The highest BCUT2D eigenvalue weighted by Gasteiger charge is 2.21. The van der Waals surface area contributed by atoms with Gasteiger partial charge in [-0.25, -0.2) is 4.98 Å². The highest BCUT2D eigenvalue weighted by Crippen LogP contribution is 2.36. The zero-order valence-corrected chi connectivity index (χ0v) is 16.0. The summed E-state index contributed by atoms with van der Waals surface area (Å²) in [6.45, 7) is 5.07. The van der Waals surface area contributed by atoms with Crippen LogP contribution in [0, 0.1) is 0 Å². The Labute approximate surface area is 159 Å². The van der Waals surface area contributed by atoms with Crippen molar-refractivity contribution in [3.8, 4) is 11.5 Å². The Balaban J connectivity index is 1.76. The van der Waals surface area contributed by atoms with Crippen LogP contribution >= 0.6 is 0 Å². The molecular weight excluding hydrogens is 346 g/mol. The third-order valence-corrected chi connectivity index (χ3v) is 5.16. The molecule has 2 aromatic rings. The van der Waals surface area contributed by atoms with Gasteiger partial charge in [-0.1, -0.05) is 0 Å². The first kappa shape index (κ1) is 18.1. The van der Waals surface area contributed by atoms with Gasteiger partial charge < -0.3 is 29.7 Å². The highest BCUT2D eigenvalue weighted by atomic mass is 16.5. The molecule has 2 saturated heterocycles. The number of anilines is 2. The van der Waals surface area contributed by atoms with Crippen LogP contribution < -0.4 is 25.0 Å². The van der Waals surface area contributed by atoms with E-state index in [1.807, 2.05) is 12.1 Å². The maximum absolute atomic E-state index is 5.51. The number of methoxy groups -OCH3 is 2. The Morgan fingerprint density at radius 1 is 1.07 bits per heavy atom. The van der Waals surface area contributed by atoms with Crippen LogP contribution in [-0.2, 0) is 4.74 Å². The highest BCUT2D eigenvalue weighted by molar-refractivity contribution is 5.93. The summed E-state index contributed by atoms with van der Waals surface area (Å²) in [5.74, 6) is 2.94. The van der Waals surface area contributed by atoms with Crippen LogP contribution in [0.15, 0.2) is 12.1 Å². The minimum Gasteiger partial charge on any atom is -0.493 e. The molecular formula is C19H27N5O3. The van der Waals surface area contributed by atoms with Gasteiger partial charge in [0, 0.05) is 30.6 Å². The fraction of sp³-hybridized carbons (Fsp3) is 0.579. The van der Waals surface area contributed by atoms with Gasteiger partial charge in [0.05, 0.1) is 33.0 Å². The molecule has 8 nitrogen and oxygen atoms in total. The lowest BCUT2D eigenvalue weighted by molar-refractivity contribution is 0.122.